The average molecular weight is 220 g/mol. The molecule has 1 aliphatic heterocycles. The molecule has 1 aromatic rings. The molecule has 2 heterocycles. The lowest BCUT2D eigenvalue weighted by molar-refractivity contribution is 0.252. The Morgan fingerprint density at radius 3 is 2.88 bits per heavy atom. The van der Waals surface area contributed by atoms with Gasteiger partial charge in [0, 0.05) is 25.0 Å². The number of likely N-dealkylation sites (N-methyl/N-ethyl adjacent to an activating group) is 1. The molecule has 88 valence electrons. The predicted octanol–water partition coefficient (Wildman–Crippen LogP) is 1.05. The third kappa shape index (κ3) is 3.54. The largest absolute Gasteiger partial charge is 0.313 e. The zero-order chi connectivity index (χ0) is 11.2. The zero-order valence-electron chi connectivity index (χ0n) is 9.89. The second kappa shape index (κ2) is 5.92. The fraction of sp³-hybridized carbons (Fsp3) is 0.667. The number of nitrogens with one attached hydrogen (secondary N) is 1. The molecule has 0 spiro atoms. The highest BCUT2D eigenvalue weighted by Crippen LogP contribution is 2.08. The zero-order valence-corrected chi connectivity index (χ0v) is 9.89. The maximum atomic E-state index is 4.24. The number of nitrogens with zero attached hydrogens (tertiary/aromatic N) is 3. The molecule has 0 radical (unpaired) electrons. The average Bonchev–Trinajstić information content (AvgIpc) is 2.31. The van der Waals surface area contributed by atoms with Gasteiger partial charge in [-0.1, -0.05) is 6.42 Å². The first kappa shape index (κ1) is 11.5. The van der Waals surface area contributed by atoms with Gasteiger partial charge in [0.05, 0.1) is 6.54 Å². The molecule has 1 unspecified atom stereocenters. The maximum Gasteiger partial charge on any atom is 0.142 e. The van der Waals surface area contributed by atoms with E-state index in [9.17, 15) is 0 Å². The van der Waals surface area contributed by atoms with Gasteiger partial charge in [0.2, 0.25) is 0 Å². The monoisotopic (exact) mass is 220 g/mol. The number of rotatable bonds is 4. The highest BCUT2D eigenvalue weighted by molar-refractivity contribution is 4.88. The van der Waals surface area contributed by atoms with E-state index < -0.39 is 0 Å². The van der Waals surface area contributed by atoms with Gasteiger partial charge in [0.1, 0.15) is 5.82 Å². The highest BCUT2D eigenvalue weighted by atomic mass is 15.1. The predicted molar refractivity (Wildman–Crippen MR) is 64.0 cm³/mol. The molecule has 1 aliphatic rings. The summed E-state index contributed by atoms with van der Waals surface area (Å²) in [6.45, 7) is 3.08. The van der Waals surface area contributed by atoms with Crippen LogP contribution in [0.3, 0.4) is 0 Å². The van der Waals surface area contributed by atoms with Crippen LogP contribution in [0.4, 0.5) is 0 Å². The molecule has 0 bridgehead atoms. The molecule has 4 nitrogen and oxygen atoms in total. The summed E-state index contributed by atoms with van der Waals surface area (Å²) in [6.07, 6.45) is 7.57. The smallest absolute Gasteiger partial charge is 0.142 e. The standard InChI is InChI=1S/C12H20N4/c1-16(9-11-5-2-3-6-13-11)10-12-14-7-4-8-15-12/h4,7-8,11,13H,2-3,5-6,9-10H2,1H3. The lowest BCUT2D eigenvalue weighted by atomic mass is 10.0. The summed E-state index contributed by atoms with van der Waals surface area (Å²) in [4.78, 5) is 10.8. The Bertz CT molecular complexity index is 295. The van der Waals surface area contributed by atoms with Gasteiger partial charge in [-0.05, 0) is 32.5 Å². The van der Waals surface area contributed by atoms with Crippen molar-refractivity contribution in [2.75, 3.05) is 20.1 Å². The van der Waals surface area contributed by atoms with Crippen molar-refractivity contribution in [2.24, 2.45) is 0 Å². The van der Waals surface area contributed by atoms with E-state index in [-0.39, 0.29) is 0 Å². The van der Waals surface area contributed by atoms with Crippen molar-refractivity contribution in [3.05, 3.63) is 24.3 Å². The van der Waals surface area contributed by atoms with E-state index in [2.05, 4.69) is 27.2 Å². The van der Waals surface area contributed by atoms with Crippen LogP contribution in [0.1, 0.15) is 25.1 Å². The molecule has 4 heteroatoms. The van der Waals surface area contributed by atoms with Crippen LogP contribution in [-0.2, 0) is 6.54 Å². The first-order chi connectivity index (χ1) is 7.84. The summed E-state index contributed by atoms with van der Waals surface area (Å²) in [5.74, 6) is 0.904. The molecule has 1 fully saturated rings. The Hall–Kier alpha value is -1.00. The summed E-state index contributed by atoms with van der Waals surface area (Å²) >= 11 is 0. The van der Waals surface area contributed by atoms with Crippen molar-refractivity contribution in [3.63, 3.8) is 0 Å². The highest BCUT2D eigenvalue weighted by Gasteiger charge is 2.14. The summed E-state index contributed by atoms with van der Waals surface area (Å²) < 4.78 is 0. The number of piperidine rings is 1. The fourth-order valence-electron chi connectivity index (χ4n) is 2.17. The summed E-state index contributed by atoms with van der Waals surface area (Å²) in [5.41, 5.74) is 0. The van der Waals surface area contributed by atoms with Gasteiger partial charge in [0.15, 0.2) is 0 Å². The Morgan fingerprint density at radius 1 is 1.38 bits per heavy atom. The first-order valence-electron chi connectivity index (χ1n) is 6.02. The minimum Gasteiger partial charge on any atom is -0.313 e. The second-order valence-electron chi connectivity index (χ2n) is 4.51. The Kier molecular flexibility index (Phi) is 4.25. The Balaban J connectivity index is 1.77. The molecule has 16 heavy (non-hydrogen) atoms. The van der Waals surface area contributed by atoms with E-state index in [0.717, 1.165) is 18.9 Å². The quantitative estimate of drug-likeness (QED) is 0.823. The van der Waals surface area contributed by atoms with Gasteiger partial charge in [-0.15, -0.1) is 0 Å². The van der Waals surface area contributed by atoms with Gasteiger partial charge < -0.3 is 5.32 Å². The minimum atomic E-state index is 0.641. The van der Waals surface area contributed by atoms with E-state index >= 15 is 0 Å². The second-order valence-corrected chi connectivity index (χ2v) is 4.51. The van der Waals surface area contributed by atoms with Gasteiger partial charge in [0.25, 0.3) is 0 Å². The Morgan fingerprint density at radius 2 is 2.19 bits per heavy atom. The number of hydrogen-bond donors (Lipinski definition) is 1. The van der Waals surface area contributed by atoms with E-state index in [0.29, 0.717) is 6.04 Å². The lowest BCUT2D eigenvalue weighted by Gasteiger charge is -2.27. The van der Waals surface area contributed by atoms with Gasteiger partial charge in [-0.2, -0.15) is 0 Å². The molecule has 0 amide bonds. The summed E-state index contributed by atoms with van der Waals surface area (Å²) in [6, 6.07) is 2.49. The van der Waals surface area contributed by atoms with Crippen molar-refractivity contribution < 1.29 is 0 Å². The van der Waals surface area contributed by atoms with Gasteiger partial charge >= 0.3 is 0 Å². The van der Waals surface area contributed by atoms with Crippen LogP contribution < -0.4 is 5.32 Å². The van der Waals surface area contributed by atoms with Gasteiger partial charge in [-0.3, -0.25) is 4.90 Å². The van der Waals surface area contributed by atoms with Crippen molar-refractivity contribution in [1.82, 2.24) is 20.2 Å². The molecule has 0 aliphatic carbocycles. The van der Waals surface area contributed by atoms with Crippen LogP contribution in [0.25, 0.3) is 0 Å². The molecular weight excluding hydrogens is 200 g/mol. The SMILES string of the molecule is CN(Cc1ncccn1)CC1CCCCN1. The minimum absolute atomic E-state index is 0.641. The van der Waals surface area contributed by atoms with Crippen molar-refractivity contribution in [3.8, 4) is 0 Å². The van der Waals surface area contributed by atoms with Gasteiger partial charge in [-0.25, -0.2) is 9.97 Å². The third-order valence-electron chi connectivity index (χ3n) is 2.98. The third-order valence-corrected chi connectivity index (χ3v) is 2.98. The molecular formula is C12H20N4. The number of aromatic nitrogens is 2. The van der Waals surface area contributed by atoms with Crippen LogP contribution in [0.15, 0.2) is 18.5 Å². The molecule has 0 aromatic carbocycles. The van der Waals surface area contributed by atoms with E-state index in [1.54, 1.807) is 12.4 Å². The summed E-state index contributed by atoms with van der Waals surface area (Å²) in [5, 5.41) is 3.55. The fourth-order valence-corrected chi connectivity index (χ4v) is 2.17. The molecule has 1 N–H and O–H groups in total. The molecule has 1 saturated heterocycles. The first-order valence-corrected chi connectivity index (χ1v) is 6.02. The van der Waals surface area contributed by atoms with Crippen molar-refractivity contribution >= 4 is 0 Å². The van der Waals surface area contributed by atoms with E-state index in [1.807, 2.05) is 6.07 Å². The van der Waals surface area contributed by atoms with Crippen LogP contribution >= 0.6 is 0 Å². The van der Waals surface area contributed by atoms with Crippen LogP contribution in [-0.4, -0.2) is 41.0 Å². The molecule has 1 aromatic heterocycles. The lowest BCUT2D eigenvalue weighted by Crippen LogP contribution is -2.42. The Labute approximate surface area is 97.1 Å². The van der Waals surface area contributed by atoms with E-state index in [4.69, 9.17) is 0 Å². The van der Waals surface area contributed by atoms with Crippen molar-refractivity contribution in [2.45, 2.75) is 31.8 Å². The molecule has 2 rings (SSSR count). The van der Waals surface area contributed by atoms with Crippen molar-refractivity contribution in [1.29, 1.82) is 0 Å². The number of hydrogen-bond acceptors (Lipinski definition) is 4. The van der Waals surface area contributed by atoms with Crippen LogP contribution in [0, 0.1) is 0 Å². The molecule has 0 saturated carbocycles. The summed E-state index contributed by atoms with van der Waals surface area (Å²) in [7, 11) is 2.13. The topological polar surface area (TPSA) is 41.1 Å². The van der Waals surface area contributed by atoms with Crippen LogP contribution in [0.2, 0.25) is 0 Å². The van der Waals surface area contributed by atoms with Crippen LogP contribution in [0.5, 0.6) is 0 Å². The normalized spacial score (nSPS) is 21.2. The maximum absolute atomic E-state index is 4.24. The van der Waals surface area contributed by atoms with E-state index in [1.165, 1.54) is 25.8 Å². The molecule has 1 atom stereocenters.